The van der Waals surface area contributed by atoms with Gasteiger partial charge in [0.05, 0.1) is 5.52 Å². The molecule has 0 N–H and O–H groups in total. The molecule has 2 aromatic carbocycles. The molecule has 7 heteroatoms. The third kappa shape index (κ3) is 3.66. The number of para-hydroxylation sites is 1. The number of fused-ring (bicyclic) bond motifs is 1. The van der Waals surface area contributed by atoms with Gasteiger partial charge in [0.25, 0.3) is 0 Å². The fourth-order valence-corrected chi connectivity index (χ4v) is 4.70. The quantitative estimate of drug-likeness (QED) is 0.368. The second-order valence-electron chi connectivity index (χ2n) is 6.55. The van der Waals surface area contributed by atoms with E-state index in [-0.39, 0.29) is 0 Å². The minimum atomic E-state index is 0.716. The molecule has 3 aromatic heterocycles. The molecule has 0 fully saturated rings. The van der Waals surface area contributed by atoms with Crippen molar-refractivity contribution in [3.05, 3.63) is 82.8 Å². The molecule has 0 bridgehead atoms. The first-order chi connectivity index (χ1) is 14.3. The molecule has 29 heavy (non-hydrogen) atoms. The van der Waals surface area contributed by atoms with Crippen molar-refractivity contribution in [2.45, 2.75) is 16.6 Å². The van der Waals surface area contributed by atoms with Gasteiger partial charge < -0.3 is 4.57 Å². The lowest BCUT2D eigenvalue weighted by molar-refractivity contribution is 0.750. The summed E-state index contributed by atoms with van der Waals surface area (Å²) in [7, 11) is 2.01. The van der Waals surface area contributed by atoms with Crippen LogP contribution in [-0.2, 0) is 13.5 Å². The molecule has 0 saturated heterocycles. The lowest BCUT2D eigenvalue weighted by atomic mass is 10.2. The standard InChI is InChI=1S/C22H17N5S2/c1-27-19(14-16-10-7-13-28-16)25-26-22(27)29-21-17-11-5-6-12-18(17)23-20(24-21)15-8-3-2-4-9-15/h2-13H,14H2,1H3. The van der Waals surface area contributed by atoms with Gasteiger partial charge in [0.15, 0.2) is 11.0 Å². The number of hydrogen-bond donors (Lipinski definition) is 0. The van der Waals surface area contributed by atoms with Gasteiger partial charge in [-0.15, -0.1) is 21.5 Å². The predicted molar refractivity (Wildman–Crippen MR) is 117 cm³/mol. The maximum absolute atomic E-state index is 4.87. The van der Waals surface area contributed by atoms with E-state index in [0.717, 1.165) is 38.9 Å². The predicted octanol–water partition coefficient (Wildman–Crippen LogP) is 5.23. The van der Waals surface area contributed by atoms with E-state index in [2.05, 4.69) is 33.8 Å². The van der Waals surface area contributed by atoms with E-state index in [1.165, 1.54) is 16.6 Å². The van der Waals surface area contributed by atoms with E-state index in [1.807, 2.05) is 60.1 Å². The van der Waals surface area contributed by atoms with Crippen molar-refractivity contribution >= 4 is 34.0 Å². The van der Waals surface area contributed by atoms with Crippen molar-refractivity contribution in [3.8, 4) is 11.4 Å². The molecule has 142 valence electrons. The molecule has 0 aliphatic carbocycles. The molecule has 5 rings (SSSR count). The molecule has 0 atom stereocenters. The lowest BCUT2D eigenvalue weighted by Crippen LogP contribution is -2.00. The Balaban J connectivity index is 1.54. The summed E-state index contributed by atoms with van der Waals surface area (Å²) in [6.07, 6.45) is 0.779. The first kappa shape index (κ1) is 18.0. The van der Waals surface area contributed by atoms with E-state index >= 15 is 0 Å². The Kier molecular flexibility index (Phi) is 4.83. The highest BCUT2D eigenvalue weighted by Crippen LogP contribution is 2.32. The highest BCUT2D eigenvalue weighted by atomic mass is 32.2. The molecule has 0 aliphatic rings. The maximum atomic E-state index is 4.87. The van der Waals surface area contributed by atoms with Crippen molar-refractivity contribution in [2.24, 2.45) is 7.05 Å². The van der Waals surface area contributed by atoms with Crippen LogP contribution in [0.25, 0.3) is 22.3 Å². The molecular formula is C22H17N5S2. The van der Waals surface area contributed by atoms with E-state index < -0.39 is 0 Å². The van der Waals surface area contributed by atoms with Crippen LogP contribution < -0.4 is 0 Å². The summed E-state index contributed by atoms with van der Waals surface area (Å²) in [5.41, 5.74) is 1.92. The molecule has 0 amide bonds. The molecule has 0 aliphatic heterocycles. The van der Waals surface area contributed by atoms with Gasteiger partial charge in [0.2, 0.25) is 0 Å². The smallest absolute Gasteiger partial charge is 0.197 e. The van der Waals surface area contributed by atoms with Gasteiger partial charge in [-0.2, -0.15) is 0 Å². The summed E-state index contributed by atoms with van der Waals surface area (Å²) in [6, 6.07) is 22.3. The Bertz CT molecular complexity index is 1260. The minimum absolute atomic E-state index is 0.716. The van der Waals surface area contributed by atoms with Gasteiger partial charge in [-0.05, 0) is 29.3 Å². The van der Waals surface area contributed by atoms with Crippen molar-refractivity contribution in [3.63, 3.8) is 0 Å². The maximum Gasteiger partial charge on any atom is 0.197 e. The molecule has 5 nitrogen and oxygen atoms in total. The summed E-state index contributed by atoms with van der Waals surface area (Å²) in [5, 5.41) is 13.6. The SMILES string of the molecule is Cn1c(Cc2cccs2)nnc1Sc1nc(-c2ccccc2)nc2ccccc12. The van der Waals surface area contributed by atoms with Gasteiger partial charge in [-0.25, -0.2) is 9.97 Å². The summed E-state index contributed by atoms with van der Waals surface area (Å²) in [6.45, 7) is 0. The van der Waals surface area contributed by atoms with E-state index in [0.29, 0.717) is 5.82 Å². The molecule has 0 unspecified atom stereocenters. The Labute approximate surface area is 176 Å². The van der Waals surface area contributed by atoms with Crippen LogP contribution in [0.2, 0.25) is 0 Å². The Hall–Kier alpha value is -3.03. The Morgan fingerprint density at radius 3 is 2.55 bits per heavy atom. The van der Waals surface area contributed by atoms with Gasteiger partial charge in [-0.1, -0.05) is 54.6 Å². The van der Waals surface area contributed by atoms with Crippen LogP contribution in [0.5, 0.6) is 0 Å². The normalized spacial score (nSPS) is 11.2. The Morgan fingerprint density at radius 1 is 0.897 bits per heavy atom. The van der Waals surface area contributed by atoms with E-state index in [9.17, 15) is 0 Å². The number of aromatic nitrogens is 5. The third-order valence-electron chi connectivity index (χ3n) is 4.63. The summed E-state index contributed by atoms with van der Waals surface area (Å²) >= 11 is 3.26. The number of hydrogen-bond acceptors (Lipinski definition) is 6. The molecule has 5 aromatic rings. The van der Waals surface area contributed by atoms with E-state index in [1.54, 1.807) is 11.3 Å². The highest BCUT2D eigenvalue weighted by Gasteiger charge is 2.16. The fraction of sp³-hybridized carbons (Fsp3) is 0.0909. The van der Waals surface area contributed by atoms with Crippen LogP contribution in [0, 0.1) is 0 Å². The monoisotopic (exact) mass is 415 g/mol. The first-order valence-electron chi connectivity index (χ1n) is 9.18. The van der Waals surface area contributed by atoms with Crippen LogP contribution in [0.3, 0.4) is 0 Å². The zero-order valence-electron chi connectivity index (χ0n) is 15.7. The van der Waals surface area contributed by atoms with E-state index in [4.69, 9.17) is 9.97 Å². The van der Waals surface area contributed by atoms with Crippen molar-refractivity contribution in [2.75, 3.05) is 0 Å². The second kappa shape index (κ2) is 7.77. The zero-order chi connectivity index (χ0) is 19.6. The third-order valence-corrected chi connectivity index (χ3v) is 6.54. The molecular weight excluding hydrogens is 398 g/mol. The van der Waals surface area contributed by atoms with Crippen molar-refractivity contribution in [1.29, 1.82) is 0 Å². The molecule has 0 radical (unpaired) electrons. The second-order valence-corrected chi connectivity index (χ2v) is 8.54. The largest absolute Gasteiger partial charge is 0.309 e. The van der Waals surface area contributed by atoms with Crippen LogP contribution in [0.4, 0.5) is 0 Å². The van der Waals surface area contributed by atoms with Crippen LogP contribution in [0.1, 0.15) is 10.7 Å². The summed E-state index contributed by atoms with van der Waals surface area (Å²) in [5.74, 6) is 1.66. The van der Waals surface area contributed by atoms with Crippen molar-refractivity contribution in [1.82, 2.24) is 24.7 Å². The summed E-state index contributed by atoms with van der Waals surface area (Å²) in [4.78, 5) is 10.9. The first-order valence-corrected chi connectivity index (χ1v) is 10.9. The Morgan fingerprint density at radius 2 is 1.72 bits per heavy atom. The van der Waals surface area contributed by atoms with Gasteiger partial charge in [-0.3, -0.25) is 0 Å². The average molecular weight is 416 g/mol. The van der Waals surface area contributed by atoms with Crippen LogP contribution >= 0.6 is 23.1 Å². The number of rotatable bonds is 5. The van der Waals surface area contributed by atoms with Gasteiger partial charge in [0.1, 0.15) is 10.9 Å². The zero-order valence-corrected chi connectivity index (χ0v) is 17.3. The number of thiophene rings is 1. The average Bonchev–Trinajstić information content (AvgIpc) is 3.40. The fourth-order valence-electron chi connectivity index (χ4n) is 3.08. The minimum Gasteiger partial charge on any atom is -0.309 e. The highest BCUT2D eigenvalue weighted by molar-refractivity contribution is 7.99. The molecule has 3 heterocycles. The van der Waals surface area contributed by atoms with Crippen molar-refractivity contribution < 1.29 is 0 Å². The topological polar surface area (TPSA) is 56.5 Å². The van der Waals surface area contributed by atoms with Gasteiger partial charge >= 0.3 is 0 Å². The van der Waals surface area contributed by atoms with Crippen LogP contribution in [-0.4, -0.2) is 24.7 Å². The summed E-state index contributed by atoms with van der Waals surface area (Å²) < 4.78 is 2.05. The lowest BCUT2D eigenvalue weighted by Gasteiger charge is -2.08. The van der Waals surface area contributed by atoms with Gasteiger partial charge in [0, 0.05) is 29.3 Å². The molecule has 0 saturated carbocycles. The number of nitrogens with zero attached hydrogens (tertiary/aromatic N) is 5. The molecule has 0 spiro atoms. The number of benzene rings is 2. The van der Waals surface area contributed by atoms with Crippen LogP contribution in [0.15, 0.2) is 82.3 Å².